The van der Waals surface area contributed by atoms with Crippen molar-refractivity contribution in [2.75, 3.05) is 49.3 Å². The summed E-state index contributed by atoms with van der Waals surface area (Å²) in [6, 6.07) is 1.05. The molecule has 1 saturated carbocycles. The van der Waals surface area contributed by atoms with Crippen molar-refractivity contribution >= 4 is 23.4 Å². The number of fused-ring (bicyclic) bond motifs is 1. The summed E-state index contributed by atoms with van der Waals surface area (Å²) in [5.74, 6) is 0.965. The second kappa shape index (κ2) is 10.9. The summed E-state index contributed by atoms with van der Waals surface area (Å²) in [7, 11) is 5.06. The molecule has 0 bridgehead atoms. The molecule has 14 heteroatoms. The van der Waals surface area contributed by atoms with Gasteiger partial charge in [0.2, 0.25) is 11.9 Å². The van der Waals surface area contributed by atoms with Crippen LogP contribution in [-0.2, 0) is 29.3 Å². The topological polar surface area (TPSA) is 112 Å². The van der Waals surface area contributed by atoms with Crippen LogP contribution >= 0.6 is 0 Å². The number of hydrazine groups is 1. The number of methoxy groups -OCH3 is 1. The second-order valence-corrected chi connectivity index (χ2v) is 9.27. The van der Waals surface area contributed by atoms with Gasteiger partial charge in [0.25, 0.3) is 0 Å². The first kappa shape index (κ1) is 26.7. The number of nitrogens with one attached hydrogen (secondary N) is 3. The number of anilines is 3. The summed E-state index contributed by atoms with van der Waals surface area (Å²) in [5.41, 5.74) is 4.89. The molecule has 5 rings (SSSR count). The first-order valence-electron chi connectivity index (χ1n) is 12.0. The molecule has 3 aliphatic rings. The highest BCUT2D eigenvalue weighted by Crippen LogP contribution is 2.30. The van der Waals surface area contributed by atoms with Crippen LogP contribution in [0.2, 0.25) is 0 Å². The van der Waals surface area contributed by atoms with Crippen LogP contribution in [0.5, 0.6) is 0 Å². The van der Waals surface area contributed by atoms with Gasteiger partial charge in [0, 0.05) is 40.5 Å². The van der Waals surface area contributed by atoms with E-state index in [0.717, 1.165) is 11.6 Å². The van der Waals surface area contributed by atoms with E-state index in [9.17, 15) is 18.0 Å². The minimum absolute atomic E-state index is 0.111. The van der Waals surface area contributed by atoms with Crippen molar-refractivity contribution in [2.24, 2.45) is 7.05 Å². The Labute approximate surface area is 213 Å². The molecule has 3 N–H and O–H groups in total. The van der Waals surface area contributed by atoms with Gasteiger partial charge in [-0.05, 0) is 37.8 Å². The number of carbonyl (C=O) groups is 1. The van der Waals surface area contributed by atoms with Gasteiger partial charge in [0.1, 0.15) is 5.69 Å². The molecule has 0 unspecified atom stereocenters. The lowest BCUT2D eigenvalue weighted by Gasteiger charge is -2.27. The molecule has 0 atom stereocenters. The van der Waals surface area contributed by atoms with Crippen molar-refractivity contribution in [3.05, 3.63) is 34.9 Å². The smallest absolute Gasteiger partial charge is 0.381 e. The number of halogens is 3. The van der Waals surface area contributed by atoms with Crippen molar-refractivity contribution in [3.63, 3.8) is 0 Å². The number of hydrogen-bond acceptors (Lipinski definition) is 9. The van der Waals surface area contributed by atoms with Crippen molar-refractivity contribution in [3.8, 4) is 0 Å². The van der Waals surface area contributed by atoms with Crippen molar-refractivity contribution < 1.29 is 22.7 Å². The number of ether oxygens (including phenoxy) is 1. The molecule has 202 valence electrons. The third kappa shape index (κ3) is 6.49. The molecule has 2 aromatic rings. The largest absolute Gasteiger partial charge is 0.435 e. The van der Waals surface area contributed by atoms with E-state index in [0.29, 0.717) is 48.0 Å². The van der Waals surface area contributed by atoms with E-state index in [2.05, 4.69) is 31.1 Å². The summed E-state index contributed by atoms with van der Waals surface area (Å²) < 4.78 is 44.7. The van der Waals surface area contributed by atoms with E-state index in [1.807, 2.05) is 6.20 Å². The molecule has 2 aliphatic heterocycles. The standard InChI is InChI=1S/C18H22F3N9O.C5H10O/c1-10-15-16(28(2)9-14(31)25-15)26-17(24-10)22-5-11-6-23-30(7-11)8-12-4-13(18(19,20)21)27-29(12)3;1-6-5-3-2-4-5/h4,7,23H,5-6,8-9H2,1-3H3,(H,25,31)(H,22,24,26);5H,2-4H2,1H3. The van der Waals surface area contributed by atoms with Crippen LogP contribution in [0.4, 0.5) is 30.6 Å². The van der Waals surface area contributed by atoms with Crippen molar-refractivity contribution in [1.29, 1.82) is 0 Å². The Bertz CT molecular complexity index is 1160. The number of rotatable bonds is 6. The van der Waals surface area contributed by atoms with Crippen LogP contribution in [0, 0.1) is 6.92 Å². The van der Waals surface area contributed by atoms with E-state index in [1.165, 1.54) is 31.0 Å². The Morgan fingerprint density at radius 3 is 2.59 bits per heavy atom. The lowest BCUT2D eigenvalue weighted by atomic mass is 9.96. The maximum atomic E-state index is 12.8. The summed E-state index contributed by atoms with van der Waals surface area (Å²) >= 11 is 0. The average molecular weight is 524 g/mol. The van der Waals surface area contributed by atoms with Crippen LogP contribution in [-0.4, -0.2) is 70.6 Å². The first-order chi connectivity index (χ1) is 17.5. The Morgan fingerprint density at radius 1 is 1.24 bits per heavy atom. The van der Waals surface area contributed by atoms with E-state index >= 15 is 0 Å². The Morgan fingerprint density at radius 2 is 2.00 bits per heavy atom. The molecule has 0 aromatic carbocycles. The highest BCUT2D eigenvalue weighted by atomic mass is 19.4. The van der Waals surface area contributed by atoms with Gasteiger partial charge >= 0.3 is 6.18 Å². The van der Waals surface area contributed by atoms with Crippen LogP contribution < -0.4 is 21.0 Å². The molecule has 1 amide bonds. The molecule has 4 heterocycles. The number of hydrogen-bond donors (Lipinski definition) is 3. The monoisotopic (exact) mass is 523 g/mol. The van der Waals surface area contributed by atoms with E-state index in [4.69, 9.17) is 4.74 Å². The van der Waals surface area contributed by atoms with Gasteiger partial charge in [0.15, 0.2) is 11.5 Å². The van der Waals surface area contributed by atoms with Gasteiger partial charge in [-0.1, -0.05) is 0 Å². The molecular formula is C23H32F3N9O2. The normalized spacial score (nSPS) is 17.5. The molecule has 0 saturated heterocycles. The fraction of sp³-hybridized carbons (Fsp3) is 0.565. The van der Waals surface area contributed by atoms with Crippen molar-refractivity contribution in [2.45, 2.75) is 45.0 Å². The molecule has 11 nitrogen and oxygen atoms in total. The summed E-state index contributed by atoms with van der Waals surface area (Å²) in [4.78, 5) is 22.3. The lowest BCUT2D eigenvalue weighted by molar-refractivity contribution is -0.141. The predicted molar refractivity (Wildman–Crippen MR) is 132 cm³/mol. The van der Waals surface area contributed by atoms with Crippen LogP contribution in [0.15, 0.2) is 17.8 Å². The Hall–Kier alpha value is -3.39. The molecule has 37 heavy (non-hydrogen) atoms. The minimum Gasteiger partial charge on any atom is -0.381 e. The average Bonchev–Trinajstić information content (AvgIpc) is 3.39. The van der Waals surface area contributed by atoms with Gasteiger partial charge in [-0.3, -0.25) is 9.48 Å². The van der Waals surface area contributed by atoms with E-state index in [1.54, 1.807) is 31.0 Å². The summed E-state index contributed by atoms with van der Waals surface area (Å²) in [5, 5.41) is 11.2. The van der Waals surface area contributed by atoms with Crippen molar-refractivity contribution in [1.82, 2.24) is 30.2 Å². The van der Waals surface area contributed by atoms with Gasteiger partial charge in [0.05, 0.1) is 30.6 Å². The second-order valence-electron chi connectivity index (χ2n) is 9.27. The summed E-state index contributed by atoms with van der Waals surface area (Å²) in [6.07, 6.45) is 1.93. The molecule has 0 radical (unpaired) electrons. The summed E-state index contributed by atoms with van der Waals surface area (Å²) in [6.45, 7) is 3.25. The molecule has 1 aliphatic carbocycles. The molecular weight excluding hydrogens is 491 g/mol. The fourth-order valence-corrected chi connectivity index (χ4v) is 4.02. The van der Waals surface area contributed by atoms with E-state index in [-0.39, 0.29) is 19.0 Å². The number of aryl methyl sites for hydroxylation is 2. The zero-order chi connectivity index (χ0) is 26.7. The number of carbonyl (C=O) groups excluding carboxylic acids is 1. The predicted octanol–water partition coefficient (Wildman–Crippen LogP) is 2.43. The zero-order valence-electron chi connectivity index (χ0n) is 21.3. The van der Waals surface area contributed by atoms with Gasteiger partial charge < -0.3 is 25.3 Å². The van der Waals surface area contributed by atoms with Crippen LogP contribution in [0.25, 0.3) is 0 Å². The highest BCUT2D eigenvalue weighted by molar-refractivity contribution is 6.00. The third-order valence-corrected chi connectivity index (χ3v) is 6.38. The number of likely N-dealkylation sites (N-methyl/N-ethyl adjacent to an activating group) is 1. The van der Waals surface area contributed by atoms with Crippen LogP contribution in [0.1, 0.15) is 36.3 Å². The highest BCUT2D eigenvalue weighted by Gasteiger charge is 2.34. The molecule has 0 spiro atoms. The number of amides is 1. The fourth-order valence-electron chi connectivity index (χ4n) is 4.02. The number of nitrogens with zero attached hydrogens (tertiary/aromatic N) is 6. The minimum atomic E-state index is -4.47. The van der Waals surface area contributed by atoms with Gasteiger partial charge in [-0.25, -0.2) is 10.4 Å². The lowest BCUT2D eigenvalue weighted by Crippen LogP contribution is -2.36. The Balaban J connectivity index is 0.000000469. The van der Waals surface area contributed by atoms with E-state index < -0.39 is 11.9 Å². The van der Waals surface area contributed by atoms with Gasteiger partial charge in [-0.2, -0.15) is 23.3 Å². The first-order valence-corrected chi connectivity index (χ1v) is 12.0. The Kier molecular flexibility index (Phi) is 7.87. The maximum absolute atomic E-state index is 12.8. The zero-order valence-corrected chi connectivity index (χ0v) is 21.3. The quantitative estimate of drug-likeness (QED) is 0.526. The van der Waals surface area contributed by atoms with Gasteiger partial charge in [-0.15, -0.1) is 0 Å². The number of alkyl halides is 3. The molecule has 2 aromatic heterocycles. The SMILES string of the molecule is COC1CCC1.Cc1nc(NCC2=CN(Cc3cc(C(F)(F)F)nn3C)NC2)nc2c1NC(=O)CN2C. The maximum Gasteiger partial charge on any atom is 0.435 e. The number of aromatic nitrogens is 4. The third-order valence-electron chi connectivity index (χ3n) is 6.38. The van der Waals surface area contributed by atoms with Crippen LogP contribution in [0.3, 0.4) is 0 Å². The molecule has 1 fully saturated rings.